The number of ether oxygens (including phenoxy) is 2. The lowest BCUT2D eigenvalue weighted by Gasteiger charge is -2.17. The first kappa shape index (κ1) is 23.6. The number of nitrogens with zero attached hydrogens (tertiary/aromatic N) is 1. The smallest absolute Gasteiger partial charge is 0.241 e. The van der Waals surface area contributed by atoms with Crippen molar-refractivity contribution in [2.45, 2.75) is 38.5 Å². The van der Waals surface area contributed by atoms with Gasteiger partial charge in [0.15, 0.2) is 11.5 Å². The Morgan fingerprint density at radius 3 is 2.52 bits per heavy atom. The summed E-state index contributed by atoms with van der Waals surface area (Å²) in [4.78, 5) is 13.6. The van der Waals surface area contributed by atoms with Gasteiger partial charge in [0.1, 0.15) is 0 Å². The molecule has 7 nitrogen and oxygen atoms in total. The van der Waals surface area contributed by atoms with E-state index in [9.17, 15) is 13.2 Å². The standard InChI is InChI=1S/C22H27BrN2O5S/c1-4-29-20-7-6-16(12-21(20)30-5-2)8-10-24-31(27,28)22-14-19-17(13-18(22)23)9-11-25(19)15(3)26/h6-7,12-14,24H,4-5,8-11H2,1-3H3. The fourth-order valence-electron chi connectivity index (χ4n) is 3.58. The molecule has 0 fully saturated rings. The van der Waals surface area contributed by atoms with Gasteiger partial charge in [0.2, 0.25) is 15.9 Å². The van der Waals surface area contributed by atoms with Crippen LogP contribution < -0.4 is 19.1 Å². The molecular weight excluding hydrogens is 484 g/mol. The number of rotatable bonds is 9. The fraction of sp³-hybridized carbons (Fsp3) is 0.409. The number of fused-ring (bicyclic) bond motifs is 1. The molecule has 1 aliphatic heterocycles. The second kappa shape index (κ2) is 10.0. The average Bonchev–Trinajstić information content (AvgIpc) is 3.12. The van der Waals surface area contributed by atoms with Crippen molar-refractivity contribution in [2.75, 3.05) is 31.2 Å². The van der Waals surface area contributed by atoms with Crippen molar-refractivity contribution < 1.29 is 22.7 Å². The number of amides is 1. The third-order valence-corrected chi connectivity index (χ3v) is 7.43. The Bertz CT molecular complexity index is 1070. The van der Waals surface area contributed by atoms with E-state index in [0.29, 0.717) is 54.3 Å². The number of carbonyl (C=O) groups excluding carboxylic acids is 1. The third kappa shape index (κ3) is 5.39. The second-order valence-corrected chi connectivity index (χ2v) is 9.72. The summed E-state index contributed by atoms with van der Waals surface area (Å²) in [7, 11) is -3.76. The topological polar surface area (TPSA) is 84.9 Å². The van der Waals surface area contributed by atoms with Crippen LogP contribution in [0.4, 0.5) is 5.69 Å². The van der Waals surface area contributed by atoms with E-state index >= 15 is 0 Å². The van der Waals surface area contributed by atoms with Crippen LogP contribution in [0.1, 0.15) is 31.9 Å². The molecule has 168 valence electrons. The van der Waals surface area contributed by atoms with Crippen molar-refractivity contribution in [3.05, 3.63) is 45.9 Å². The highest BCUT2D eigenvalue weighted by atomic mass is 79.9. The van der Waals surface area contributed by atoms with E-state index in [-0.39, 0.29) is 17.3 Å². The van der Waals surface area contributed by atoms with E-state index in [0.717, 1.165) is 11.1 Å². The van der Waals surface area contributed by atoms with Crippen LogP contribution in [0.2, 0.25) is 0 Å². The number of hydrogen-bond donors (Lipinski definition) is 1. The number of carbonyl (C=O) groups is 1. The zero-order valence-electron chi connectivity index (χ0n) is 17.9. The molecule has 0 spiro atoms. The molecule has 2 aromatic rings. The van der Waals surface area contributed by atoms with E-state index in [4.69, 9.17) is 9.47 Å². The molecule has 0 bridgehead atoms. The maximum Gasteiger partial charge on any atom is 0.241 e. The molecule has 9 heteroatoms. The predicted molar refractivity (Wildman–Crippen MR) is 124 cm³/mol. The maximum absolute atomic E-state index is 12.9. The van der Waals surface area contributed by atoms with E-state index in [1.165, 1.54) is 6.92 Å². The zero-order chi connectivity index (χ0) is 22.6. The molecule has 0 radical (unpaired) electrons. The van der Waals surface area contributed by atoms with Gasteiger partial charge in [0, 0.05) is 30.2 Å². The van der Waals surface area contributed by atoms with Gasteiger partial charge in [-0.05, 0) is 78.0 Å². The van der Waals surface area contributed by atoms with Gasteiger partial charge in [-0.15, -0.1) is 0 Å². The molecule has 1 N–H and O–H groups in total. The number of sulfonamides is 1. The minimum atomic E-state index is -3.76. The van der Waals surface area contributed by atoms with Gasteiger partial charge in [0.25, 0.3) is 0 Å². The Morgan fingerprint density at radius 2 is 1.84 bits per heavy atom. The summed E-state index contributed by atoms with van der Waals surface area (Å²) in [6.45, 7) is 7.13. The summed E-state index contributed by atoms with van der Waals surface area (Å²) in [6.07, 6.45) is 1.20. The molecule has 0 saturated carbocycles. The maximum atomic E-state index is 12.9. The minimum absolute atomic E-state index is 0.0991. The van der Waals surface area contributed by atoms with Crippen LogP contribution in [0.25, 0.3) is 0 Å². The highest BCUT2D eigenvalue weighted by molar-refractivity contribution is 9.10. The number of anilines is 1. The van der Waals surface area contributed by atoms with Gasteiger partial charge in [-0.3, -0.25) is 4.79 Å². The first-order valence-corrected chi connectivity index (χ1v) is 12.5. The summed E-state index contributed by atoms with van der Waals surface area (Å²) in [5.74, 6) is 1.22. The van der Waals surface area contributed by atoms with Gasteiger partial charge in [-0.1, -0.05) is 6.07 Å². The fourth-order valence-corrected chi connectivity index (χ4v) is 5.72. The molecule has 2 aromatic carbocycles. The van der Waals surface area contributed by atoms with Crippen LogP contribution >= 0.6 is 15.9 Å². The molecule has 1 amide bonds. The van der Waals surface area contributed by atoms with E-state index in [1.807, 2.05) is 32.0 Å². The van der Waals surface area contributed by atoms with Crippen molar-refractivity contribution in [3.63, 3.8) is 0 Å². The molecule has 1 heterocycles. The Balaban J connectivity index is 1.73. The number of halogens is 1. The summed E-state index contributed by atoms with van der Waals surface area (Å²) in [5.41, 5.74) is 2.55. The molecule has 3 rings (SSSR count). The molecular formula is C22H27BrN2O5S. The average molecular weight is 511 g/mol. The largest absolute Gasteiger partial charge is 0.490 e. The van der Waals surface area contributed by atoms with Crippen molar-refractivity contribution >= 4 is 37.5 Å². The van der Waals surface area contributed by atoms with Crippen LogP contribution in [-0.2, 0) is 27.7 Å². The Morgan fingerprint density at radius 1 is 1.13 bits per heavy atom. The second-order valence-electron chi connectivity index (χ2n) is 7.13. The first-order chi connectivity index (χ1) is 14.8. The van der Waals surface area contributed by atoms with Gasteiger partial charge in [0.05, 0.1) is 18.1 Å². The summed E-state index contributed by atoms with van der Waals surface area (Å²) in [5, 5.41) is 0. The summed E-state index contributed by atoms with van der Waals surface area (Å²) < 4.78 is 40.2. The lowest BCUT2D eigenvalue weighted by molar-refractivity contribution is -0.116. The van der Waals surface area contributed by atoms with E-state index < -0.39 is 10.0 Å². The third-order valence-electron chi connectivity index (χ3n) is 5.01. The predicted octanol–water partition coefficient (Wildman–Crippen LogP) is 3.68. The van der Waals surface area contributed by atoms with Crippen molar-refractivity contribution in [2.24, 2.45) is 0 Å². The van der Waals surface area contributed by atoms with E-state index in [1.54, 1.807) is 17.0 Å². The molecule has 0 aromatic heterocycles. The SMILES string of the molecule is CCOc1ccc(CCNS(=O)(=O)c2cc3c(cc2Br)CCN3C(C)=O)cc1OCC. The number of benzene rings is 2. The molecule has 1 aliphatic rings. The molecule has 0 unspecified atom stereocenters. The molecule has 31 heavy (non-hydrogen) atoms. The monoisotopic (exact) mass is 510 g/mol. The quantitative estimate of drug-likeness (QED) is 0.556. The van der Waals surface area contributed by atoms with E-state index in [2.05, 4.69) is 20.7 Å². The first-order valence-electron chi connectivity index (χ1n) is 10.3. The van der Waals surface area contributed by atoms with Crippen LogP contribution in [0, 0.1) is 0 Å². The Kier molecular flexibility index (Phi) is 7.61. The lowest BCUT2D eigenvalue weighted by atomic mass is 10.1. The lowest BCUT2D eigenvalue weighted by Crippen LogP contribution is -2.28. The van der Waals surface area contributed by atoms with Gasteiger partial charge < -0.3 is 14.4 Å². The highest BCUT2D eigenvalue weighted by Crippen LogP contribution is 2.35. The number of nitrogens with one attached hydrogen (secondary N) is 1. The Hall–Kier alpha value is -2.10. The highest BCUT2D eigenvalue weighted by Gasteiger charge is 2.27. The van der Waals surface area contributed by atoms with Crippen LogP contribution in [0.3, 0.4) is 0 Å². The van der Waals surface area contributed by atoms with Crippen LogP contribution in [0.5, 0.6) is 11.5 Å². The summed E-state index contributed by atoms with van der Waals surface area (Å²) >= 11 is 3.38. The molecule has 0 atom stereocenters. The van der Waals surface area contributed by atoms with Crippen molar-refractivity contribution in [3.8, 4) is 11.5 Å². The van der Waals surface area contributed by atoms with Crippen molar-refractivity contribution in [1.29, 1.82) is 0 Å². The molecule has 0 saturated heterocycles. The van der Waals surface area contributed by atoms with Gasteiger partial charge >= 0.3 is 0 Å². The zero-order valence-corrected chi connectivity index (χ0v) is 20.3. The number of hydrogen-bond acceptors (Lipinski definition) is 5. The van der Waals surface area contributed by atoms with Crippen molar-refractivity contribution in [1.82, 2.24) is 4.72 Å². The van der Waals surface area contributed by atoms with Gasteiger partial charge in [-0.2, -0.15) is 0 Å². The van der Waals surface area contributed by atoms with Gasteiger partial charge in [-0.25, -0.2) is 13.1 Å². The van der Waals surface area contributed by atoms with Crippen LogP contribution in [-0.4, -0.2) is 40.6 Å². The van der Waals surface area contributed by atoms with Crippen LogP contribution in [0.15, 0.2) is 39.7 Å². The Labute approximate surface area is 191 Å². The molecule has 0 aliphatic carbocycles. The minimum Gasteiger partial charge on any atom is -0.490 e. The normalized spacial score (nSPS) is 13.2. The summed E-state index contributed by atoms with van der Waals surface area (Å²) in [6, 6.07) is 8.97.